The van der Waals surface area contributed by atoms with Gasteiger partial charge in [0.1, 0.15) is 12.4 Å². The fourth-order valence-corrected chi connectivity index (χ4v) is 1.18. The lowest BCUT2D eigenvalue weighted by Crippen LogP contribution is -3.00. The van der Waals surface area contributed by atoms with E-state index in [1.165, 1.54) is 19.3 Å². The minimum Gasteiger partial charge on any atom is -1.00 e. The van der Waals surface area contributed by atoms with Crippen LogP contribution in [0.2, 0.25) is 0 Å². The normalized spacial score (nSPS) is 9.50. The summed E-state index contributed by atoms with van der Waals surface area (Å²) in [7, 11) is 2.05. The summed E-state index contributed by atoms with van der Waals surface area (Å²) in [6.45, 7) is 3.39. The highest BCUT2D eigenvalue weighted by atomic mass is 19.0. The quantitative estimate of drug-likeness (QED) is 0.386. The molecule has 1 aromatic heterocycles. The lowest BCUT2D eigenvalue weighted by molar-refractivity contribution is -0.671. The van der Waals surface area contributed by atoms with Crippen molar-refractivity contribution in [3.8, 4) is 0 Å². The number of unbranched alkanes of at least 4 members (excludes halogenated alkanes) is 2. The molecule has 70 valence electrons. The number of halogens is 1. The van der Waals surface area contributed by atoms with Crippen LogP contribution in [0.5, 0.6) is 0 Å². The summed E-state index contributed by atoms with van der Waals surface area (Å²) in [6.07, 6.45) is 10.2. The van der Waals surface area contributed by atoms with Crippen molar-refractivity contribution in [2.24, 2.45) is 7.05 Å². The molecule has 0 aliphatic rings. The van der Waals surface area contributed by atoms with Crippen molar-refractivity contribution in [1.29, 1.82) is 0 Å². The van der Waals surface area contributed by atoms with E-state index in [1.54, 1.807) is 0 Å². The maximum Gasteiger partial charge on any atom is 0.243 e. The molecule has 0 N–H and O–H groups in total. The monoisotopic (exact) mass is 172 g/mol. The van der Waals surface area contributed by atoms with Crippen LogP contribution < -0.4 is 9.27 Å². The van der Waals surface area contributed by atoms with Crippen molar-refractivity contribution >= 4 is 0 Å². The molecule has 0 bridgehead atoms. The van der Waals surface area contributed by atoms with Crippen LogP contribution in [-0.2, 0) is 13.6 Å². The number of aromatic nitrogens is 2. The van der Waals surface area contributed by atoms with Gasteiger partial charge in [0.2, 0.25) is 6.33 Å². The first kappa shape index (κ1) is 11.1. The zero-order chi connectivity index (χ0) is 8.10. The molecule has 0 unspecified atom stereocenters. The second-order valence-electron chi connectivity index (χ2n) is 3.02. The molecule has 0 saturated carbocycles. The summed E-state index contributed by atoms with van der Waals surface area (Å²) in [6, 6.07) is 0. The standard InChI is InChI=1S/C9H17N2.FH/c1-3-4-5-6-11-8-7-10(2)9-11;/h7-9H,3-6H2,1-2H3;1H/q+1;/p-1. The summed E-state index contributed by atoms with van der Waals surface area (Å²) < 4.78 is 4.31. The van der Waals surface area contributed by atoms with Crippen LogP contribution in [0.25, 0.3) is 0 Å². The van der Waals surface area contributed by atoms with Gasteiger partial charge >= 0.3 is 0 Å². The molecular weight excluding hydrogens is 155 g/mol. The third-order valence-electron chi connectivity index (χ3n) is 1.84. The first-order valence-corrected chi connectivity index (χ1v) is 4.34. The largest absolute Gasteiger partial charge is 1.00 e. The fourth-order valence-electron chi connectivity index (χ4n) is 1.18. The van der Waals surface area contributed by atoms with Gasteiger partial charge in [0, 0.05) is 0 Å². The number of hydrogen-bond acceptors (Lipinski definition) is 0. The van der Waals surface area contributed by atoms with Gasteiger partial charge in [0.05, 0.1) is 13.6 Å². The lowest BCUT2D eigenvalue weighted by Gasteiger charge is -1.93. The molecule has 12 heavy (non-hydrogen) atoms. The van der Waals surface area contributed by atoms with Gasteiger partial charge in [0.15, 0.2) is 0 Å². The highest BCUT2D eigenvalue weighted by molar-refractivity contribution is 4.65. The Kier molecular flexibility index (Phi) is 5.34. The van der Waals surface area contributed by atoms with E-state index >= 15 is 0 Å². The van der Waals surface area contributed by atoms with E-state index in [1.807, 2.05) is 0 Å². The Labute approximate surface area is 73.2 Å². The van der Waals surface area contributed by atoms with E-state index in [9.17, 15) is 0 Å². The van der Waals surface area contributed by atoms with E-state index < -0.39 is 0 Å². The number of aryl methyl sites for hydroxylation is 2. The smallest absolute Gasteiger partial charge is 0.243 e. The maximum atomic E-state index is 2.23. The highest BCUT2D eigenvalue weighted by Crippen LogP contribution is 1.96. The number of nitrogens with zero attached hydrogens (tertiary/aromatic N) is 2. The van der Waals surface area contributed by atoms with Crippen molar-refractivity contribution < 1.29 is 9.27 Å². The van der Waals surface area contributed by atoms with Gasteiger partial charge in [-0.05, 0) is 12.8 Å². The molecule has 0 aromatic carbocycles. The van der Waals surface area contributed by atoms with E-state index in [2.05, 4.69) is 41.8 Å². The molecule has 3 heteroatoms. The molecule has 2 nitrogen and oxygen atoms in total. The molecule has 1 heterocycles. The van der Waals surface area contributed by atoms with E-state index in [4.69, 9.17) is 0 Å². The van der Waals surface area contributed by atoms with Gasteiger partial charge in [-0.1, -0.05) is 13.3 Å². The van der Waals surface area contributed by atoms with E-state index in [0.717, 1.165) is 6.54 Å². The first-order valence-electron chi connectivity index (χ1n) is 4.34. The van der Waals surface area contributed by atoms with Crippen LogP contribution in [-0.4, -0.2) is 4.57 Å². The van der Waals surface area contributed by atoms with Crippen molar-refractivity contribution in [2.75, 3.05) is 0 Å². The van der Waals surface area contributed by atoms with E-state index in [0.29, 0.717) is 0 Å². The Bertz CT molecular complexity index is 208. The molecule has 1 aromatic rings. The molecule has 0 saturated heterocycles. The van der Waals surface area contributed by atoms with Gasteiger partial charge in [0.25, 0.3) is 0 Å². The Hall–Kier alpha value is -0.860. The molecule has 0 radical (unpaired) electrons. The van der Waals surface area contributed by atoms with E-state index in [-0.39, 0.29) is 4.70 Å². The van der Waals surface area contributed by atoms with Crippen molar-refractivity contribution in [1.82, 2.24) is 4.57 Å². The second kappa shape index (κ2) is 5.75. The highest BCUT2D eigenvalue weighted by Gasteiger charge is 1.97. The molecule has 1 rings (SSSR count). The SMILES string of the molecule is CCCCCn1cc[n+](C)c1.[F-]. The zero-order valence-electron chi connectivity index (χ0n) is 7.83. The van der Waals surface area contributed by atoms with Crippen LogP contribution >= 0.6 is 0 Å². The van der Waals surface area contributed by atoms with Gasteiger partial charge < -0.3 is 4.70 Å². The molecule has 0 aliphatic carbocycles. The van der Waals surface area contributed by atoms with Crippen LogP contribution in [0, 0.1) is 0 Å². The van der Waals surface area contributed by atoms with Crippen molar-refractivity contribution in [3.63, 3.8) is 0 Å². The van der Waals surface area contributed by atoms with Gasteiger partial charge in [-0.25, -0.2) is 9.13 Å². The molecule has 0 amide bonds. The van der Waals surface area contributed by atoms with Crippen molar-refractivity contribution in [3.05, 3.63) is 18.7 Å². The molecule has 0 atom stereocenters. The third-order valence-corrected chi connectivity index (χ3v) is 1.84. The molecule has 0 spiro atoms. The van der Waals surface area contributed by atoms with Crippen LogP contribution in [0.3, 0.4) is 0 Å². The average Bonchev–Trinajstić information content (AvgIpc) is 2.37. The molecule has 0 fully saturated rings. The Balaban J connectivity index is 0.00000121. The summed E-state index contributed by atoms with van der Waals surface area (Å²) in [5.41, 5.74) is 0. The predicted octanol–water partition coefficient (Wildman–Crippen LogP) is -1.49. The third kappa shape index (κ3) is 3.51. The van der Waals surface area contributed by atoms with Gasteiger partial charge in [-0.2, -0.15) is 0 Å². The van der Waals surface area contributed by atoms with Crippen molar-refractivity contribution in [2.45, 2.75) is 32.7 Å². The Morgan fingerprint density at radius 2 is 2.08 bits per heavy atom. The summed E-state index contributed by atoms with van der Waals surface area (Å²) >= 11 is 0. The summed E-state index contributed by atoms with van der Waals surface area (Å²) in [4.78, 5) is 0. The maximum absolute atomic E-state index is 2.23. The number of imidazole rings is 1. The first-order chi connectivity index (χ1) is 5.33. The lowest BCUT2D eigenvalue weighted by atomic mass is 10.2. The number of hydrogen-bond donors (Lipinski definition) is 0. The second-order valence-corrected chi connectivity index (χ2v) is 3.02. The zero-order valence-corrected chi connectivity index (χ0v) is 7.83. The minimum absolute atomic E-state index is 0. The Morgan fingerprint density at radius 1 is 1.33 bits per heavy atom. The number of rotatable bonds is 4. The summed E-state index contributed by atoms with van der Waals surface area (Å²) in [5.74, 6) is 0. The fraction of sp³-hybridized carbons (Fsp3) is 0.667. The molecular formula is C9H17FN2. The predicted molar refractivity (Wildman–Crippen MR) is 45.1 cm³/mol. The minimum atomic E-state index is 0. The van der Waals surface area contributed by atoms with Crippen LogP contribution in [0.4, 0.5) is 0 Å². The van der Waals surface area contributed by atoms with Gasteiger partial charge in [-0.15, -0.1) is 0 Å². The topological polar surface area (TPSA) is 8.81 Å². The molecule has 0 aliphatic heterocycles. The summed E-state index contributed by atoms with van der Waals surface area (Å²) in [5, 5.41) is 0. The van der Waals surface area contributed by atoms with Crippen LogP contribution in [0.15, 0.2) is 18.7 Å². The van der Waals surface area contributed by atoms with Gasteiger partial charge in [-0.3, -0.25) is 0 Å². The van der Waals surface area contributed by atoms with Crippen LogP contribution in [0.1, 0.15) is 26.2 Å². The average molecular weight is 172 g/mol. The Morgan fingerprint density at radius 3 is 2.58 bits per heavy atom.